The average Bonchev–Trinajstić information content (AvgIpc) is 1.94. The molecule has 1 aromatic rings. The predicted molar refractivity (Wildman–Crippen MR) is 44.9 cm³/mol. The molecule has 0 bridgehead atoms. The number of hydrogen-bond donors (Lipinski definition) is 1. The first kappa shape index (κ1) is 8.93. The number of nitrogens with zero attached hydrogens (tertiary/aromatic N) is 2. The van der Waals surface area contributed by atoms with Crippen LogP contribution in [0.25, 0.3) is 0 Å². The normalized spacial score (nSPS) is 12.9. The minimum atomic E-state index is -0.521. The second-order valence-electron chi connectivity index (χ2n) is 2.87. The van der Waals surface area contributed by atoms with Gasteiger partial charge in [0, 0.05) is 11.8 Å². The maximum absolute atomic E-state index is 11.2. The number of aliphatic hydroxyl groups is 1. The summed E-state index contributed by atoms with van der Waals surface area (Å²) < 4.78 is 1.39. The lowest BCUT2D eigenvalue weighted by Gasteiger charge is -2.06. The third-order valence-electron chi connectivity index (χ3n) is 1.48. The fourth-order valence-corrected chi connectivity index (χ4v) is 0.938. The van der Waals surface area contributed by atoms with Gasteiger partial charge in [-0.2, -0.15) is 0 Å². The van der Waals surface area contributed by atoms with Crippen molar-refractivity contribution in [3.63, 3.8) is 0 Å². The molecule has 1 heterocycles. The van der Waals surface area contributed by atoms with Crippen LogP contribution in [0, 0.1) is 6.92 Å². The van der Waals surface area contributed by atoms with E-state index in [-0.39, 0.29) is 5.56 Å². The van der Waals surface area contributed by atoms with Crippen LogP contribution >= 0.6 is 0 Å². The molecule has 12 heavy (non-hydrogen) atoms. The molecule has 0 aromatic carbocycles. The molecular formula is C8H12N2O2. The molecule has 1 aromatic heterocycles. The zero-order valence-corrected chi connectivity index (χ0v) is 7.19. The lowest BCUT2D eigenvalue weighted by Crippen LogP contribution is -2.24. The van der Waals surface area contributed by atoms with E-state index in [0.717, 1.165) is 0 Å². The van der Waals surface area contributed by atoms with Crippen molar-refractivity contribution < 1.29 is 5.11 Å². The molecule has 1 rings (SSSR count). The highest BCUT2D eigenvalue weighted by atomic mass is 16.3. The van der Waals surface area contributed by atoms with Crippen LogP contribution in [-0.4, -0.2) is 20.8 Å². The Labute approximate surface area is 70.5 Å². The van der Waals surface area contributed by atoms with Gasteiger partial charge in [-0.15, -0.1) is 0 Å². The van der Waals surface area contributed by atoms with E-state index in [4.69, 9.17) is 5.11 Å². The number of rotatable bonds is 2. The Morgan fingerprint density at radius 2 is 2.42 bits per heavy atom. The van der Waals surface area contributed by atoms with Crippen LogP contribution in [0.4, 0.5) is 0 Å². The summed E-state index contributed by atoms with van der Waals surface area (Å²) in [5, 5.41) is 9.01. The fraction of sp³-hybridized carbons (Fsp3) is 0.500. The lowest BCUT2D eigenvalue weighted by atomic mass is 10.4. The van der Waals surface area contributed by atoms with Crippen molar-refractivity contribution in [3.05, 3.63) is 28.4 Å². The monoisotopic (exact) mass is 168 g/mol. The Bertz CT molecular complexity index is 317. The standard InChI is InChI=1S/C8H12N2O2/c1-6-3-8(12)10(5-9-6)4-7(2)11/h3,5,7,11H,4H2,1-2H3. The molecule has 0 aliphatic rings. The first-order valence-electron chi connectivity index (χ1n) is 3.81. The molecule has 0 amide bonds. The van der Waals surface area contributed by atoms with Crippen LogP contribution in [0.5, 0.6) is 0 Å². The number of aliphatic hydroxyl groups excluding tert-OH is 1. The van der Waals surface area contributed by atoms with Crippen LogP contribution in [0.15, 0.2) is 17.2 Å². The molecular weight excluding hydrogens is 156 g/mol. The van der Waals surface area contributed by atoms with Gasteiger partial charge in [-0.25, -0.2) is 4.98 Å². The zero-order valence-electron chi connectivity index (χ0n) is 7.19. The molecule has 0 aliphatic heterocycles. The minimum Gasteiger partial charge on any atom is -0.392 e. The molecule has 1 atom stereocenters. The SMILES string of the molecule is Cc1cc(=O)n(CC(C)O)cn1. The van der Waals surface area contributed by atoms with Gasteiger partial charge in [-0.3, -0.25) is 9.36 Å². The summed E-state index contributed by atoms with van der Waals surface area (Å²) in [6.45, 7) is 3.69. The molecule has 1 unspecified atom stereocenters. The smallest absolute Gasteiger partial charge is 0.253 e. The summed E-state index contributed by atoms with van der Waals surface area (Å²) in [6, 6.07) is 1.45. The molecule has 0 saturated carbocycles. The van der Waals surface area contributed by atoms with Crippen molar-refractivity contribution in [3.8, 4) is 0 Å². The second-order valence-corrected chi connectivity index (χ2v) is 2.87. The Morgan fingerprint density at radius 3 is 2.92 bits per heavy atom. The highest BCUT2D eigenvalue weighted by Gasteiger charge is 1.99. The topological polar surface area (TPSA) is 55.1 Å². The van der Waals surface area contributed by atoms with Crippen molar-refractivity contribution >= 4 is 0 Å². The zero-order chi connectivity index (χ0) is 9.14. The summed E-state index contributed by atoms with van der Waals surface area (Å²) in [5.74, 6) is 0. The highest BCUT2D eigenvalue weighted by molar-refractivity contribution is 4.95. The molecule has 0 radical (unpaired) electrons. The van der Waals surface area contributed by atoms with E-state index in [1.807, 2.05) is 0 Å². The van der Waals surface area contributed by atoms with Gasteiger partial charge in [0.1, 0.15) is 0 Å². The molecule has 1 N–H and O–H groups in total. The molecule has 4 heteroatoms. The second kappa shape index (κ2) is 3.49. The summed E-state index contributed by atoms with van der Waals surface area (Å²) in [4.78, 5) is 15.1. The van der Waals surface area contributed by atoms with Crippen LogP contribution in [0.1, 0.15) is 12.6 Å². The van der Waals surface area contributed by atoms with Gasteiger partial charge in [0.25, 0.3) is 5.56 Å². The van der Waals surface area contributed by atoms with E-state index >= 15 is 0 Å². The van der Waals surface area contributed by atoms with Gasteiger partial charge in [0.15, 0.2) is 0 Å². The van der Waals surface area contributed by atoms with Crippen molar-refractivity contribution in [2.45, 2.75) is 26.5 Å². The van der Waals surface area contributed by atoms with Gasteiger partial charge in [-0.1, -0.05) is 0 Å². The fourth-order valence-electron chi connectivity index (χ4n) is 0.938. The Kier molecular flexibility index (Phi) is 2.60. The largest absolute Gasteiger partial charge is 0.392 e. The highest BCUT2D eigenvalue weighted by Crippen LogP contribution is 1.88. The molecule has 66 valence electrons. The Balaban J connectivity index is 2.94. The third-order valence-corrected chi connectivity index (χ3v) is 1.48. The first-order valence-corrected chi connectivity index (χ1v) is 3.81. The third kappa shape index (κ3) is 2.17. The number of aryl methyl sites for hydroxylation is 1. The van der Waals surface area contributed by atoms with E-state index in [1.165, 1.54) is 17.0 Å². The molecule has 0 aliphatic carbocycles. The van der Waals surface area contributed by atoms with Crippen LogP contribution in [0.3, 0.4) is 0 Å². The van der Waals surface area contributed by atoms with Gasteiger partial charge >= 0.3 is 0 Å². The van der Waals surface area contributed by atoms with Gasteiger partial charge in [0.2, 0.25) is 0 Å². The van der Waals surface area contributed by atoms with Crippen molar-refractivity contribution in [2.24, 2.45) is 0 Å². The summed E-state index contributed by atoms with van der Waals surface area (Å²) in [6.07, 6.45) is 0.928. The molecule has 0 saturated heterocycles. The molecule has 4 nitrogen and oxygen atoms in total. The quantitative estimate of drug-likeness (QED) is 0.672. The number of hydrogen-bond acceptors (Lipinski definition) is 3. The van der Waals surface area contributed by atoms with Gasteiger partial charge in [-0.05, 0) is 13.8 Å². The minimum absolute atomic E-state index is 0.122. The maximum atomic E-state index is 11.2. The van der Waals surface area contributed by atoms with E-state index in [9.17, 15) is 4.79 Å². The van der Waals surface area contributed by atoms with E-state index in [0.29, 0.717) is 12.2 Å². The first-order chi connectivity index (χ1) is 5.59. The van der Waals surface area contributed by atoms with E-state index in [2.05, 4.69) is 4.98 Å². The average molecular weight is 168 g/mol. The molecule has 0 spiro atoms. The van der Waals surface area contributed by atoms with Crippen molar-refractivity contribution in [1.82, 2.24) is 9.55 Å². The van der Waals surface area contributed by atoms with E-state index in [1.54, 1.807) is 13.8 Å². The Hall–Kier alpha value is -1.16. The van der Waals surface area contributed by atoms with Crippen LogP contribution in [-0.2, 0) is 6.54 Å². The van der Waals surface area contributed by atoms with Crippen molar-refractivity contribution in [2.75, 3.05) is 0 Å². The summed E-state index contributed by atoms with van der Waals surface area (Å²) in [7, 11) is 0. The van der Waals surface area contributed by atoms with Gasteiger partial charge < -0.3 is 5.11 Å². The van der Waals surface area contributed by atoms with Crippen LogP contribution in [0.2, 0.25) is 0 Å². The predicted octanol–water partition coefficient (Wildman–Crippen LogP) is -0.0675. The Morgan fingerprint density at radius 1 is 1.75 bits per heavy atom. The molecule has 0 fully saturated rings. The maximum Gasteiger partial charge on any atom is 0.253 e. The summed E-state index contributed by atoms with van der Waals surface area (Å²) >= 11 is 0. The summed E-state index contributed by atoms with van der Waals surface area (Å²) in [5.41, 5.74) is 0.574. The van der Waals surface area contributed by atoms with Gasteiger partial charge in [0.05, 0.1) is 19.0 Å². The van der Waals surface area contributed by atoms with E-state index < -0.39 is 6.10 Å². The van der Waals surface area contributed by atoms with Crippen LogP contribution < -0.4 is 5.56 Å². The number of aromatic nitrogens is 2. The van der Waals surface area contributed by atoms with Crippen molar-refractivity contribution in [1.29, 1.82) is 0 Å². The lowest BCUT2D eigenvalue weighted by molar-refractivity contribution is 0.171.